The largest absolute Gasteiger partial charge is 0.309 e. The third-order valence-electron chi connectivity index (χ3n) is 16.2. The summed E-state index contributed by atoms with van der Waals surface area (Å²) in [5.41, 5.74) is 24.5. The number of benzene rings is 12. The van der Waals surface area contributed by atoms with E-state index >= 15 is 0 Å². The number of hydrogen-bond donors (Lipinski definition) is 0. The highest BCUT2D eigenvalue weighted by molar-refractivity contribution is 6.13. The molecule has 0 saturated carbocycles. The standard InChI is InChI=1S/C75H50N2/c1-5-25-51(26-6-1)57-33-13-15-35-59(57)53-45-47-71-65(49-53)66-50-54(60-36-16-14-34-58(60)52-27-7-2-8-28-52)46-48-72(66)77(71)69-43-23-19-38-62(69)61-37-17-21-41-67(61)75(55-29-9-3-10-30-55)68-42-22-18-39-63(68)74-73(75)64-40-20-24-44-70(64)76(74)56-31-11-4-12-32-56/h1-50H. The van der Waals surface area contributed by atoms with E-state index in [2.05, 4.69) is 312 Å². The molecule has 2 heteroatoms. The zero-order chi connectivity index (χ0) is 50.9. The minimum absolute atomic E-state index is 0.695. The summed E-state index contributed by atoms with van der Waals surface area (Å²) in [4.78, 5) is 0. The minimum atomic E-state index is -0.695. The average Bonchev–Trinajstić information content (AvgIpc) is 4.24. The first kappa shape index (κ1) is 44.5. The van der Waals surface area contributed by atoms with Crippen LogP contribution in [0.3, 0.4) is 0 Å². The molecule has 0 aliphatic heterocycles. The average molecular weight is 979 g/mol. The monoisotopic (exact) mass is 978 g/mol. The molecule has 2 heterocycles. The third-order valence-corrected chi connectivity index (χ3v) is 16.2. The number of hydrogen-bond acceptors (Lipinski definition) is 0. The quantitative estimate of drug-likeness (QED) is 0.136. The fourth-order valence-electron chi connectivity index (χ4n) is 13.1. The van der Waals surface area contributed by atoms with Gasteiger partial charge in [-0.1, -0.05) is 255 Å². The highest BCUT2D eigenvalue weighted by Crippen LogP contribution is 2.61. The van der Waals surface area contributed by atoms with Crippen LogP contribution < -0.4 is 0 Å². The van der Waals surface area contributed by atoms with E-state index in [0.717, 1.165) is 28.0 Å². The Balaban J connectivity index is 1.01. The van der Waals surface area contributed by atoms with Gasteiger partial charge in [-0.15, -0.1) is 0 Å². The Bertz CT molecular complexity index is 4410. The lowest BCUT2D eigenvalue weighted by Crippen LogP contribution is -2.29. The number of aromatic nitrogens is 2. The fourth-order valence-corrected chi connectivity index (χ4v) is 13.1. The van der Waals surface area contributed by atoms with E-state index in [1.807, 2.05) is 0 Å². The van der Waals surface area contributed by atoms with Gasteiger partial charge in [0.25, 0.3) is 0 Å². The van der Waals surface area contributed by atoms with E-state index < -0.39 is 5.41 Å². The molecular weight excluding hydrogens is 929 g/mol. The van der Waals surface area contributed by atoms with Gasteiger partial charge in [0.1, 0.15) is 0 Å². The molecule has 77 heavy (non-hydrogen) atoms. The van der Waals surface area contributed by atoms with E-state index in [1.54, 1.807) is 0 Å². The van der Waals surface area contributed by atoms with Crippen molar-refractivity contribution in [2.45, 2.75) is 5.41 Å². The van der Waals surface area contributed by atoms with Crippen LogP contribution in [-0.4, -0.2) is 9.13 Å². The van der Waals surface area contributed by atoms with Crippen LogP contribution in [0.15, 0.2) is 303 Å². The molecule has 0 amide bonds. The van der Waals surface area contributed by atoms with Crippen molar-refractivity contribution in [3.63, 3.8) is 0 Å². The van der Waals surface area contributed by atoms with Crippen molar-refractivity contribution in [1.29, 1.82) is 0 Å². The maximum absolute atomic E-state index is 2.53. The predicted molar refractivity (Wildman–Crippen MR) is 322 cm³/mol. The Morgan fingerprint density at radius 2 is 0.649 bits per heavy atom. The molecule has 1 atom stereocenters. The molecule has 1 aliphatic carbocycles. The van der Waals surface area contributed by atoms with Crippen LogP contribution in [0.1, 0.15) is 22.3 Å². The van der Waals surface area contributed by atoms with Gasteiger partial charge in [-0.2, -0.15) is 0 Å². The molecule has 0 spiro atoms. The van der Waals surface area contributed by atoms with Crippen LogP contribution in [0.5, 0.6) is 0 Å². The lowest BCUT2D eigenvalue weighted by molar-refractivity contribution is 0.777. The number of fused-ring (bicyclic) bond motifs is 8. The maximum atomic E-state index is 2.53. The van der Waals surface area contributed by atoms with Crippen LogP contribution in [0.4, 0.5) is 0 Å². The van der Waals surface area contributed by atoms with Gasteiger partial charge < -0.3 is 9.13 Å². The van der Waals surface area contributed by atoms with Crippen LogP contribution in [-0.2, 0) is 5.41 Å². The Morgan fingerprint density at radius 3 is 1.22 bits per heavy atom. The van der Waals surface area contributed by atoms with E-state index in [9.17, 15) is 0 Å². The smallest absolute Gasteiger partial charge is 0.0741 e. The van der Waals surface area contributed by atoms with Gasteiger partial charge in [0, 0.05) is 38.5 Å². The van der Waals surface area contributed by atoms with E-state index in [1.165, 1.54) is 105 Å². The summed E-state index contributed by atoms with van der Waals surface area (Å²) in [6.07, 6.45) is 0. The Kier molecular flexibility index (Phi) is 10.5. The first-order valence-corrected chi connectivity index (χ1v) is 26.7. The summed E-state index contributed by atoms with van der Waals surface area (Å²) in [6, 6.07) is 112. The minimum Gasteiger partial charge on any atom is -0.309 e. The third kappa shape index (κ3) is 6.89. The fraction of sp³-hybridized carbons (Fsp3) is 0.0133. The molecule has 0 N–H and O–H groups in total. The van der Waals surface area contributed by atoms with Gasteiger partial charge in [0.2, 0.25) is 0 Å². The molecule has 360 valence electrons. The van der Waals surface area contributed by atoms with Gasteiger partial charge in [0.15, 0.2) is 0 Å². The zero-order valence-corrected chi connectivity index (χ0v) is 42.3. The Labute approximate surface area is 448 Å². The molecule has 12 aromatic carbocycles. The number of para-hydroxylation sites is 3. The second kappa shape index (κ2) is 18.1. The van der Waals surface area contributed by atoms with E-state index in [4.69, 9.17) is 0 Å². The van der Waals surface area contributed by atoms with Crippen LogP contribution in [0.25, 0.3) is 111 Å². The van der Waals surface area contributed by atoms with Crippen LogP contribution >= 0.6 is 0 Å². The van der Waals surface area contributed by atoms with Crippen molar-refractivity contribution in [3.8, 4) is 78.3 Å². The second-order valence-electron chi connectivity index (χ2n) is 20.3. The molecule has 14 aromatic rings. The van der Waals surface area contributed by atoms with Gasteiger partial charge in [-0.3, -0.25) is 0 Å². The predicted octanol–water partition coefficient (Wildman–Crippen LogP) is 19.4. The molecule has 0 fully saturated rings. The van der Waals surface area contributed by atoms with Gasteiger partial charge in [-0.25, -0.2) is 0 Å². The highest BCUT2D eigenvalue weighted by Gasteiger charge is 2.50. The molecule has 0 saturated heterocycles. The Hall–Kier alpha value is -10.0. The second-order valence-corrected chi connectivity index (χ2v) is 20.3. The summed E-state index contributed by atoms with van der Waals surface area (Å²) in [5, 5.41) is 3.64. The number of rotatable bonds is 9. The molecule has 2 aromatic heterocycles. The molecule has 1 unspecified atom stereocenters. The molecule has 0 bridgehead atoms. The molecule has 15 rings (SSSR count). The topological polar surface area (TPSA) is 9.86 Å². The molecule has 2 nitrogen and oxygen atoms in total. The summed E-state index contributed by atoms with van der Waals surface area (Å²) in [6.45, 7) is 0. The summed E-state index contributed by atoms with van der Waals surface area (Å²) >= 11 is 0. The van der Waals surface area contributed by atoms with Crippen LogP contribution in [0, 0.1) is 0 Å². The highest BCUT2D eigenvalue weighted by atomic mass is 15.0. The van der Waals surface area contributed by atoms with E-state index in [0.29, 0.717) is 0 Å². The first-order valence-electron chi connectivity index (χ1n) is 26.7. The van der Waals surface area contributed by atoms with Gasteiger partial charge in [-0.05, 0) is 115 Å². The van der Waals surface area contributed by atoms with Gasteiger partial charge in [0.05, 0.1) is 33.3 Å². The molecule has 1 aliphatic rings. The van der Waals surface area contributed by atoms with Gasteiger partial charge >= 0.3 is 0 Å². The first-order chi connectivity index (χ1) is 38.3. The summed E-state index contributed by atoms with van der Waals surface area (Å²) in [7, 11) is 0. The van der Waals surface area contributed by atoms with Crippen molar-refractivity contribution < 1.29 is 0 Å². The zero-order valence-electron chi connectivity index (χ0n) is 42.3. The summed E-state index contributed by atoms with van der Waals surface area (Å²) < 4.78 is 5.03. The maximum Gasteiger partial charge on any atom is 0.0741 e. The SMILES string of the molecule is c1ccc(-c2ccccc2-c2ccc3c(c2)c2cc(-c4ccccc4-c4ccccc4)ccc2n3-c2ccccc2-c2ccccc2C2(c3ccccc3)c3ccccc3-c3c2c2ccccc2n3-c2ccccc2)cc1. The normalized spacial score (nSPS) is 13.8. The Morgan fingerprint density at radius 1 is 0.247 bits per heavy atom. The molecule has 0 radical (unpaired) electrons. The van der Waals surface area contributed by atoms with Crippen molar-refractivity contribution in [2.24, 2.45) is 0 Å². The van der Waals surface area contributed by atoms with Crippen molar-refractivity contribution in [1.82, 2.24) is 9.13 Å². The molecular formula is C75H50N2. The summed E-state index contributed by atoms with van der Waals surface area (Å²) in [5.74, 6) is 0. The van der Waals surface area contributed by atoms with Crippen molar-refractivity contribution in [3.05, 3.63) is 326 Å². The lowest BCUT2D eigenvalue weighted by atomic mass is 9.65. The number of nitrogens with zero attached hydrogens (tertiary/aromatic N) is 2. The lowest BCUT2D eigenvalue weighted by Gasteiger charge is -2.35. The van der Waals surface area contributed by atoms with E-state index in [-0.39, 0.29) is 0 Å². The van der Waals surface area contributed by atoms with Crippen molar-refractivity contribution in [2.75, 3.05) is 0 Å². The van der Waals surface area contributed by atoms with Crippen LogP contribution in [0.2, 0.25) is 0 Å². The van der Waals surface area contributed by atoms with Crippen molar-refractivity contribution >= 4 is 32.7 Å².